The zero-order valence-electron chi connectivity index (χ0n) is 12.5. The van der Waals surface area contributed by atoms with Gasteiger partial charge in [-0.05, 0) is 84.1 Å². The highest BCUT2D eigenvalue weighted by Crippen LogP contribution is 2.39. The predicted octanol–water partition coefficient (Wildman–Crippen LogP) is 4.33. The quantitative estimate of drug-likeness (QED) is 0.766. The van der Waals surface area contributed by atoms with E-state index in [0.29, 0.717) is 0 Å². The van der Waals surface area contributed by atoms with Crippen molar-refractivity contribution in [3.05, 3.63) is 68.8 Å². The van der Waals surface area contributed by atoms with Crippen LogP contribution < -0.4 is 5.32 Å². The Hall–Kier alpha value is -0.870. The number of nitrogens with one attached hydrogen (secondary N) is 1. The topological polar surface area (TPSA) is 12.0 Å². The Bertz CT molecular complexity index is 605. The molecule has 21 heavy (non-hydrogen) atoms. The molecular weight excluding hydrogens is 369 g/mol. The van der Waals surface area contributed by atoms with Crippen molar-refractivity contribution in [1.82, 2.24) is 5.32 Å². The molecule has 110 valence electrons. The molecule has 2 aromatic carbocycles. The molecule has 1 nitrogen and oxygen atoms in total. The van der Waals surface area contributed by atoms with Crippen LogP contribution in [0.1, 0.15) is 29.5 Å². The summed E-state index contributed by atoms with van der Waals surface area (Å²) in [5, 5.41) is 3.45. The van der Waals surface area contributed by atoms with Gasteiger partial charge in [0.1, 0.15) is 0 Å². The molecule has 0 heterocycles. The van der Waals surface area contributed by atoms with Crippen molar-refractivity contribution in [2.24, 2.45) is 0 Å². The Morgan fingerprint density at radius 2 is 1.86 bits per heavy atom. The molecule has 0 radical (unpaired) electrons. The summed E-state index contributed by atoms with van der Waals surface area (Å²) < 4.78 is 1.31. The number of aryl methyl sites for hydroxylation is 1. The molecule has 0 fully saturated rings. The Balaban J connectivity index is 1.99. The molecule has 1 aliphatic carbocycles. The second-order valence-electron chi connectivity index (χ2n) is 6.12. The van der Waals surface area contributed by atoms with E-state index in [9.17, 15) is 0 Å². The summed E-state index contributed by atoms with van der Waals surface area (Å²) in [6.45, 7) is 1.05. The van der Waals surface area contributed by atoms with Gasteiger partial charge in [-0.15, -0.1) is 0 Å². The molecule has 1 N–H and O–H groups in total. The lowest BCUT2D eigenvalue weighted by atomic mass is 9.67. The Morgan fingerprint density at radius 3 is 2.62 bits per heavy atom. The SMILES string of the molecule is CNCC1(Cc2ccc(I)cc2)CCCc2ccccc21. The molecule has 0 bridgehead atoms. The van der Waals surface area contributed by atoms with Crippen LogP contribution in [0, 0.1) is 3.57 Å². The van der Waals surface area contributed by atoms with E-state index in [-0.39, 0.29) is 5.41 Å². The lowest BCUT2D eigenvalue weighted by Gasteiger charge is -2.39. The van der Waals surface area contributed by atoms with Gasteiger partial charge in [0.05, 0.1) is 0 Å². The number of hydrogen-bond donors (Lipinski definition) is 1. The summed E-state index contributed by atoms with van der Waals surface area (Å²) in [6.07, 6.45) is 4.93. The molecule has 1 aliphatic rings. The first-order valence-corrected chi connectivity index (χ1v) is 8.79. The van der Waals surface area contributed by atoms with Gasteiger partial charge < -0.3 is 5.32 Å². The van der Waals surface area contributed by atoms with Gasteiger partial charge in [-0.25, -0.2) is 0 Å². The third-order valence-corrected chi connectivity index (χ3v) is 5.38. The zero-order valence-corrected chi connectivity index (χ0v) is 14.7. The van der Waals surface area contributed by atoms with Crippen molar-refractivity contribution in [3.63, 3.8) is 0 Å². The molecule has 0 saturated carbocycles. The Morgan fingerprint density at radius 1 is 1.10 bits per heavy atom. The first-order chi connectivity index (χ1) is 10.2. The molecule has 3 rings (SSSR count). The minimum Gasteiger partial charge on any atom is -0.319 e. The van der Waals surface area contributed by atoms with Gasteiger partial charge in [0.15, 0.2) is 0 Å². The summed E-state index contributed by atoms with van der Waals surface area (Å²) in [7, 11) is 2.08. The lowest BCUT2D eigenvalue weighted by Crippen LogP contribution is -2.41. The van der Waals surface area contributed by atoms with E-state index in [0.717, 1.165) is 13.0 Å². The van der Waals surface area contributed by atoms with E-state index in [2.05, 4.69) is 83.5 Å². The Labute approximate surface area is 141 Å². The fourth-order valence-corrected chi connectivity index (χ4v) is 4.13. The molecule has 0 amide bonds. The van der Waals surface area contributed by atoms with Crippen LogP contribution in [0.3, 0.4) is 0 Å². The first-order valence-electron chi connectivity index (χ1n) is 7.71. The Kier molecular flexibility index (Phi) is 4.65. The standard InChI is InChI=1S/C19H22IN/c1-21-14-19(13-15-8-10-17(20)11-9-15)12-4-6-16-5-2-3-7-18(16)19/h2-3,5,7-11,21H,4,6,12-14H2,1H3. The highest BCUT2D eigenvalue weighted by molar-refractivity contribution is 14.1. The molecule has 0 spiro atoms. The number of hydrogen-bond acceptors (Lipinski definition) is 1. The number of benzene rings is 2. The van der Waals surface area contributed by atoms with Crippen molar-refractivity contribution in [1.29, 1.82) is 0 Å². The molecule has 2 heteroatoms. The van der Waals surface area contributed by atoms with Gasteiger partial charge in [-0.2, -0.15) is 0 Å². The maximum atomic E-state index is 3.45. The van der Waals surface area contributed by atoms with Gasteiger partial charge in [0, 0.05) is 15.5 Å². The van der Waals surface area contributed by atoms with E-state index in [4.69, 9.17) is 0 Å². The summed E-state index contributed by atoms with van der Waals surface area (Å²) in [4.78, 5) is 0. The number of likely N-dealkylation sites (N-methyl/N-ethyl adjacent to an activating group) is 1. The fourth-order valence-electron chi connectivity index (χ4n) is 3.77. The van der Waals surface area contributed by atoms with Crippen molar-refractivity contribution in [3.8, 4) is 0 Å². The van der Waals surface area contributed by atoms with E-state index in [1.807, 2.05) is 0 Å². The predicted molar refractivity (Wildman–Crippen MR) is 97.8 cm³/mol. The molecular formula is C19H22IN. The van der Waals surface area contributed by atoms with Crippen LogP contribution in [0.5, 0.6) is 0 Å². The van der Waals surface area contributed by atoms with Crippen LogP contribution in [0.15, 0.2) is 48.5 Å². The van der Waals surface area contributed by atoms with Crippen LogP contribution in [-0.4, -0.2) is 13.6 Å². The normalized spacial score (nSPS) is 21.0. The van der Waals surface area contributed by atoms with E-state index in [1.54, 1.807) is 11.1 Å². The smallest absolute Gasteiger partial charge is 0.0130 e. The highest BCUT2D eigenvalue weighted by Gasteiger charge is 2.35. The second-order valence-corrected chi connectivity index (χ2v) is 7.37. The molecule has 1 atom stereocenters. The number of fused-ring (bicyclic) bond motifs is 1. The summed E-state index contributed by atoms with van der Waals surface area (Å²) >= 11 is 2.38. The highest BCUT2D eigenvalue weighted by atomic mass is 127. The largest absolute Gasteiger partial charge is 0.319 e. The second kappa shape index (κ2) is 6.49. The van der Waals surface area contributed by atoms with Crippen LogP contribution >= 0.6 is 22.6 Å². The summed E-state index contributed by atoms with van der Waals surface area (Å²) in [5.74, 6) is 0. The maximum Gasteiger partial charge on any atom is 0.0130 e. The minimum absolute atomic E-state index is 0.246. The van der Waals surface area contributed by atoms with E-state index >= 15 is 0 Å². The number of halogens is 1. The van der Waals surface area contributed by atoms with Crippen molar-refractivity contribution >= 4 is 22.6 Å². The molecule has 2 aromatic rings. The molecule has 0 aliphatic heterocycles. The van der Waals surface area contributed by atoms with Crippen molar-refractivity contribution in [2.45, 2.75) is 31.1 Å². The van der Waals surface area contributed by atoms with Gasteiger partial charge in [0.25, 0.3) is 0 Å². The van der Waals surface area contributed by atoms with Crippen LogP contribution in [-0.2, 0) is 18.3 Å². The average Bonchev–Trinajstić information content (AvgIpc) is 2.51. The van der Waals surface area contributed by atoms with Crippen LogP contribution in [0.4, 0.5) is 0 Å². The van der Waals surface area contributed by atoms with Crippen molar-refractivity contribution < 1.29 is 0 Å². The maximum absolute atomic E-state index is 3.45. The average molecular weight is 391 g/mol. The van der Waals surface area contributed by atoms with Crippen molar-refractivity contribution in [2.75, 3.05) is 13.6 Å². The van der Waals surface area contributed by atoms with E-state index in [1.165, 1.54) is 28.4 Å². The molecule has 0 saturated heterocycles. The van der Waals surface area contributed by atoms with Crippen LogP contribution in [0.25, 0.3) is 0 Å². The lowest BCUT2D eigenvalue weighted by molar-refractivity contribution is 0.345. The minimum atomic E-state index is 0.246. The summed E-state index contributed by atoms with van der Waals surface area (Å²) in [6, 6.07) is 18.1. The number of rotatable bonds is 4. The third-order valence-electron chi connectivity index (χ3n) is 4.66. The zero-order chi connectivity index (χ0) is 14.7. The van der Waals surface area contributed by atoms with Gasteiger partial charge in [-0.1, -0.05) is 36.4 Å². The van der Waals surface area contributed by atoms with Gasteiger partial charge in [-0.3, -0.25) is 0 Å². The van der Waals surface area contributed by atoms with E-state index < -0.39 is 0 Å². The monoisotopic (exact) mass is 391 g/mol. The summed E-state index contributed by atoms with van der Waals surface area (Å²) in [5.41, 5.74) is 4.80. The third kappa shape index (κ3) is 3.16. The fraction of sp³-hybridized carbons (Fsp3) is 0.368. The molecule has 0 aromatic heterocycles. The van der Waals surface area contributed by atoms with Gasteiger partial charge in [0.2, 0.25) is 0 Å². The van der Waals surface area contributed by atoms with Gasteiger partial charge >= 0.3 is 0 Å². The van der Waals surface area contributed by atoms with Crippen LogP contribution in [0.2, 0.25) is 0 Å². The first kappa shape index (κ1) is 15.0. The molecule has 1 unspecified atom stereocenters.